The van der Waals surface area contributed by atoms with Crippen LogP contribution in [0.5, 0.6) is 5.75 Å². The van der Waals surface area contributed by atoms with Crippen LogP contribution in [0.2, 0.25) is 0 Å². The van der Waals surface area contributed by atoms with Gasteiger partial charge in [-0.05, 0) is 18.1 Å². The molecule has 0 amide bonds. The van der Waals surface area contributed by atoms with Crippen LogP contribution < -0.4 is 0 Å². The van der Waals surface area contributed by atoms with E-state index in [0.29, 0.717) is 11.0 Å². The third-order valence-electron chi connectivity index (χ3n) is 1.03. The van der Waals surface area contributed by atoms with Crippen molar-refractivity contribution in [2.75, 3.05) is 5.33 Å². The van der Waals surface area contributed by atoms with Gasteiger partial charge in [-0.25, -0.2) is 4.98 Å². The van der Waals surface area contributed by atoms with Crippen LogP contribution in [-0.2, 0) is 0 Å². The second-order valence-electron chi connectivity index (χ2n) is 1.84. The molecule has 0 radical (unpaired) electrons. The Morgan fingerprint density at radius 1 is 1.55 bits per heavy atom. The van der Waals surface area contributed by atoms with Crippen molar-refractivity contribution in [1.82, 2.24) is 4.98 Å². The number of hydrogen-bond donors (Lipinski definition) is 1. The topological polar surface area (TPSA) is 33.1 Å². The van der Waals surface area contributed by atoms with Crippen LogP contribution in [0.3, 0.4) is 0 Å². The summed E-state index contributed by atoms with van der Waals surface area (Å²) in [4.78, 5) is 3.87. The van der Waals surface area contributed by atoms with E-state index in [2.05, 4.69) is 32.8 Å². The molecule has 0 saturated heterocycles. The Labute approximate surface area is 73.4 Å². The van der Waals surface area contributed by atoms with Crippen molar-refractivity contribution >= 4 is 15.9 Å². The highest BCUT2D eigenvalue weighted by atomic mass is 79.9. The summed E-state index contributed by atoms with van der Waals surface area (Å²) in [5.41, 5.74) is 0.669. The Morgan fingerprint density at radius 2 is 2.36 bits per heavy atom. The summed E-state index contributed by atoms with van der Waals surface area (Å²) in [7, 11) is 0. The molecular weight excluding hydrogens is 206 g/mol. The summed E-state index contributed by atoms with van der Waals surface area (Å²) in [6.07, 6.45) is 1.37. The molecular formula is C8H6BrNO. The quantitative estimate of drug-likeness (QED) is 0.522. The molecule has 1 heterocycles. The van der Waals surface area contributed by atoms with Crippen LogP contribution in [0.4, 0.5) is 0 Å². The van der Waals surface area contributed by atoms with Gasteiger partial charge in [-0.15, -0.1) is 0 Å². The molecule has 11 heavy (non-hydrogen) atoms. The van der Waals surface area contributed by atoms with Crippen LogP contribution in [0.25, 0.3) is 0 Å². The lowest BCUT2D eigenvalue weighted by Crippen LogP contribution is -1.79. The van der Waals surface area contributed by atoms with Gasteiger partial charge in [0, 0.05) is 0 Å². The maximum Gasteiger partial charge on any atom is 0.133 e. The molecule has 3 heteroatoms. The largest absolute Gasteiger partial charge is 0.506 e. The molecule has 1 rings (SSSR count). The van der Waals surface area contributed by atoms with Crippen LogP contribution in [0.1, 0.15) is 5.69 Å². The molecule has 56 valence electrons. The highest BCUT2D eigenvalue weighted by molar-refractivity contribution is 9.09. The zero-order valence-corrected chi connectivity index (χ0v) is 7.30. The normalized spacial score (nSPS) is 8.45. The van der Waals surface area contributed by atoms with E-state index >= 15 is 0 Å². The van der Waals surface area contributed by atoms with E-state index in [0.717, 1.165) is 0 Å². The standard InChI is InChI=1S/C8H6BrNO/c9-5-1-2-7-3-4-8(11)6-10-7/h3-4,6,11H,5H2. The number of rotatable bonds is 0. The predicted molar refractivity (Wildman–Crippen MR) is 46.6 cm³/mol. The third-order valence-corrected chi connectivity index (χ3v) is 1.31. The van der Waals surface area contributed by atoms with Crippen molar-refractivity contribution in [3.8, 4) is 17.6 Å². The fourth-order valence-electron chi connectivity index (χ4n) is 0.584. The molecule has 0 bridgehead atoms. The van der Waals surface area contributed by atoms with E-state index in [1.165, 1.54) is 6.20 Å². The van der Waals surface area contributed by atoms with Crippen LogP contribution >= 0.6 is 15.9 Å². The average Bonchev–Trinajstić information content (AvgIpc) is 2.04. The summed E-state index contributed by atoms with van der Waals surface area (Å²) in [5, 5.41) is 9.50. The summed E-state index contributed by atoms with van der Waals surface area (Å²) < 4.78 is 0. The number of aromatic nitrogens is 1. The Hall–Kier alpha value is -1.01. The zero-order chi connectivity index (χ0) is 8.10. The number of aromatic hydroxyl groups is 1. The molecule has 0 aliphatic heterocycles. The van der Waals surface area contributed by atoms with Gasteiger partial charge in [0.1, 0.15) is 11.4 Å². The summed E-state index contributed by atoms with van der Waals surface area (Å²) in [6, 6.07) is 3.23. The van der Waals surface area contributed by atoms with Crippen molar-refractivity contribution in [3.63, 3.8) is 0 Å². The minimum absolute atomic E-state index is 0.161. The van der Waals surface area contributed by atoms with E-state index in [1.54, 1.807) is 12.1 Å². The Bertz CT molecular complexity index is 283. The lowest BCUT2D eigenvalue weighted by Gasteiger charge is -1.88. The molecule has 0 saturated carbocycles. The van der Waals surface area contributed by atoms with E-state index < -0.39 is 0 Å². The smallest absolute Gasteiger partial charge is 0.133 e. The first-order valence-electron chi connectivity index (χ1n) is 3.03. The molecule has 0 spiro atoms. The van der Waals surface area contributed by atoms with Crippen molar-refractivity contribution in [2.24, 2.45) is 0 Å². The number of pyridine rings is 1. The molecule has 0 aromatic carbocycles. The highest BCUT2D eigenvalue weighted by Gasteiger charge is 1.87. The van der Waals surface area contributed by atoms with Crippen molar-refractivity contribution in [2.45, 2.75) is 0 Å². The third kappa shape index (κ3) is 2.60. The number of alkyl halides is 1. The summed E-state index contributed by atoms with van der Waals surface area (Å²) >= 11 is 3.17. The fourth-order valence-corrected chi connectivity index (χ4v) is 0.724. The minimum atomic E-state index is 0.161. The SMILES string of the molecule is Oc1ccc(C#CCBr)nc1. The number of halogens is 1. The second-order valence-corrected chi connectivity index (χ2v) is 2.40. The zero-order valence-electron chi connectivity index (χ0n) is 5.71. The van der Waals surface area contributed by atoms with Gasteiger partial charge < -0.3 is 5.11 Å². The Balaban J connectivity index is 2.82. The van der Waals surface area contributed by atoms with Crippen molar-refractivity contribution in [3.05, 3.63) is 24.0 Å². The van der Waals surface area contributed by atoms with Gasteiger partial charge in [-0.2, -0.15) is 0 Å². The molecule has 2 nitrogen and oxygen atoms in total. The van der Waals surface area contributed by atoms with E-state index in [-0.39, 0.29) is 5.75 Å². The predicted octanol–water partition coefficient (Wildman–Crippen LogP) is 1.53. The highest BCUT2D eigenvalue weighted by Crippen LogP contribution is 2.04. The minimum Gasteiger partial charge on any atom is -0.506 e. The summed E-state index contributed by atoms with van der Waals surface area (Å²) in [6.45, 7) is 0. The molecule has 1 aromatic heterocycles. The number of hydrogen-bond acceptors (Lipinski definition) is 2. The van der Waals surface area contributed by atoms with Gasteiger partial charge in [0.05, 0.1) is 11.5 Å². The Morgan fingerprint density at radius 3 is 2.91 bits per heavy atom. The lowest BCUT2D eigenvalue weighted by atomic mass is 10.3. The average molecular weight is 212 g/mol. The van der Waals surface area contributed by atoms with Crippen LogP contribution in [0, 0.1) is 11.8 Å². The molecule has 1 N–H and O–H groups in total. The van der Waals surface area contributed by atoms with Crippen LogP contribution in [-0.4, -0.2) is 15.4 Å². The molecule has 1 aromatic rings. The first-order valence-corrected chi connectivity index (χ1v) is 4.15. The van der Waals surface area contributed by atoms with Gasteiger partial charge in [0.15, 0.2) is 0 Å². The fraction of sp³-hybridized carbons (Fsp3) is 0.125. The lowest BCUT2D eigenvalue weighted by molar-refractivity contribution is 0.472. The molecule has 0 atom stereocenters. The molecule has 0 unspecified atom stereocenters. The molecule has 0 aliphatic carbocycles. The number of nitrogens with zero attached hydrogens (tertiary/aromatic N) is 1. The Kier molecular flexibility index (Phi) is 2.94. The maximum atomic E-state index is 8.86. The maximum absolute atomic E-state index is 8.86. The second kappa shape index (κ2) is 3.99. The van der Waals surface area contributed by atoms with Gasteiger partial charge in [0.25, 0.3) is 0 Å². The molecule has 0 fully saturated rings. The van der Waals surface area contributed by atoms with Gasteiger partial charge >= 0.3 is 0 Å². The monoisotopic (exact) mass is 211 g/mol. The van der Waals surface area contributed by atoms with Crippen molar-refractivity contribution in [1.29, 1.82) is 0 Å². The first kappa shape index (κ1) is 8.09. The molecule has 0 aliphatic rings. The van der Waals surface area contributed by atoms with E-state index in [1.807, 2.05) is 0 Å². The van der Waals surface area contributed by atoms with Crippen molar-refractivity contribution < 1.29 is 5.11 Å². The summed E-state index contributed by atoms with van der Waals surface area (Å²) in [5.74, 6) is 5.77. The van der Waals surface area contributed by atoms with E-state index in [4.69, 9.17) is 5.11 Å². The van der Waals surface area contributed by atoms with Gasteiger partial charge in [0.2, 0.25) is 0 Å². The van der Waals surface area contributed by atoms with Crippen LogP contribution in [0.15, 0.2) is 18.3 Å². The van der Waals surface area contributed by atoms with Gasteiger partial charge in [-0.1, -0.05) is 21.9 Å². The van der Waals surface area contributed by atoms with E-state index in [9.17, 15) is 0 Å². The van der Waals surface area contributed by atoms with Gasteiger partial charge in [-0.3, -0.25) is 0 Å². The first-order chi connectivity index (χ1) is 5.33.